The van der Waals surface area contributed by atoms with Gasteiger partial charge in [0.05, 0.1) is 0 Å². The van der Waals surface area contributed by atoms with E-state index in [9.17, 15) is 4.39 Å². The molecule has 0 aliphatic heterocycles. The predicted molar refractivity (Wildman–Crippen MR) is 62.5 cm³/mol. The normalized spacial score (nSPS) is 13.3. The Balaban J connectivity index is 3.00. The fourth-order valence-corrected chi connectivity index (χ4v) is 2.67. The lowest BCUT2D eigenvalue weighted by Gasteiger charge is -2.19. The molecule has 0 N–H and O–H groups in total. The summed E-state index contributed by atoms with van der Waals surface area (Å²) in [5, 5.41) is 0.926. The predicted octanol–water partition coefficient (Wildman–Crippen LogP) is 4.27. The maximum Gasteiger partial charge on any atom is 0.126 e. The van der Waals surface area contributed by atoms with Crippen molar-refractivity contribution in [3.8, 4) is 0 Å². The van der Waals surface area contributed by atoms with Crippen molar-refractivity contribution in [3.05, 3.63) is 35.1 Å². The molecule has 0 amide bonds. The van der Waals surface area contributed by atoms with Crippen LogP contribution in [0.2, 0.25) is 0 Å². The van der Waals surface area contributed by atoms with Crippen LogP contribution in [0.5, 0.6) is 0 Å². The van der Waals surface area contributed by atoms with Crippen molar-refractivity contribution in [3.63, 3.8) is 0 Å². The molecule has 0 nitrogen and oxygen atoms in total. The van der Waals surface area contributed by atoms with Crippen LogP contribution in [0.4, 0.5) is 4.39 Å². The maximum atomic E-state index is 13.1. The lowest BCUT2D eigenvalue weighted by Crippen LogP contribution is -2.08. The minimum absolute atomic E-state index is 0.120. The fraction of sp³-hybridized carbons (Fsp3) is 0.500. The minimum Gasteiger partial charge on any atom is -0.207 e. The lowest BCUT2D eigenvalue weighted by molar-refractivity contribution is 0.541. The third-order valence-corrected chi connectivity index (χ3v) is 3.28. The number of halogens is 2. The Morgan fingerprint density at radius 3 is 2.43 bits per heavy atom. The highest BCUT2D eigenvalue weighted by molar-refractivity contribution is 9.09. The first kappa shape index (κ1) is 11.7. The van der Waals surface area contributed by atoms with E-state index in [4.69, 9.17) is 0 Å². The Hall–Kier alpha value is -0.370. The average molecular weight is 259 g/mol. The molecule has 1 atom stereocenters. The molecule has 78 valence electrons. The van der Waals surface area contributed by atoms with Crippen LogP contribution in [0.1, 0.15) is 30.9 Å². The van der Waals surface area contributed by atoms with Gasteiger partial charge in [0, 0.05) is 5.33 Å². The van der Waals surface area contributed by atoms with E-state index in [0.29, 0.717) is 11.8 Å². The highest BCUT2D eigenvalue weighted by Crippen LogP contribution is 2.27. The Morgan fingerprint density at radius 1 is 1.36 bits per heavy atom. The van der Waals surface area contributed by atoms with Gasteiger partial charge in [0.2, 0.25) is 0 Å². The zero-order chi connectivity index (χ0) is 10.7. The molecule has 0 bridgehead atoms. The van der Waals surface area contributed by atoms with E-state index in [1.54, 1.807) is 6.07 Å². The van der Waals surface area contributed by atoms with Gasteiger partial charge in [0.15, 0.2) is 0 Å². The second-order valence-corrected chi connectivity index (χ2v) is 4.66. The summed E-state index contributed by atoms with van der Waals surface area (Å²) >= 11 is 3.50. The fourth-order valence-electron chi connectivity index (χ4n) is 1.55. The van der Waals surface area contributed by atoms with Crippen molar-refractivity contribution in [1.29, 1.82) is 0 Å². The van der Waals surface area contributed by atoms with E-state index in [-0.39, 0.29) is 5.82 Å². The van der Waals surface area contributed by atoms with Crippen molar-refractivity contribution in [2.24, 2.45) is 5.92 Å². The van der Waals surface area contributed by atoms with Gasteiger partial charge in [-0.15, -0.1) is 0 Å². The third-order valence-electron chi connectivity index (χ3n) is 2.58. The van der Waals surface area contributed by atoms with E-state index >= 15 is 0 Å². The summed E-state index contributed by atoms with van der Waals surface area (Å²) in [5.74, 6) is 0.916. The van der Waals surface area contributed by atoms with Gasteiger partial charge in [0.25, 0.3) is 0 Å². The third kappa shape index (κ3) is 2.57. The first-order valence-electron chi connectivity index (χ1n) is 4.88. The quantitative estimate of drug-likeness (QED) is 0.711. The van der Waals surface area contributed by atoms with E-state index in [1.165, 1.54) is 5.56 Å². The molecule has 1 aromatic rings. The number of hydrogen-bond donors (Lipinski definition) is 0. The van der Waals surface area contributed by atoms with Crippen molar-refractivity contribution >= 4 is 15.9 Å². The van der Waals surface area contributed by atoms with E-state index in [0.717, 1.165) is 10.9 Å². The number of rotatable bonds is 3. The molecule has 2 heteroatoms. The molecule has 1 unspecified atom stereocenters. The highest BCUT2D eigenvalue weighted by Gasteiger charge is 2.14. The molecular weight excluding hydrogens is 243 g/mol. The van der Waals surface area contributed by atoms with Crippen LogP contribution in [0.25, 0.3) is 0 Å². The summed E-state index contributed by atoms with van der Waals surface area (Å²) in [4.78, 5) is 0. The molecule has 0 spiro atoms. The summed E-state index contributed by atoms with van der Waals surface area (Å²) in [5.41, 5.74) is 1.95. The van der Waals surface area contributed by atoms with Gasteiger partial charge < -0.3 is 0 Å². The Labute approximate surface area is 93.7 Å². The van der Waals surface area contributed by atoms with Gasteiger partial charge in [-0.25, -0.2) is 4.39 Å². The second-order valence-electron chi connectivity index (χ2n) is 4.01. The van der Waals surface area contributed by atoms with Crippen molar-refractivity contribution in [2.45, 2.75) is 26.7 Å². The first-order chi connectivity index (χ1) is 6.56. The van der Waals surface area contributed by atoms with Crippen LogP contribution in [-0.4, -0.2) is 5.33 Å². The molecule has 0 aromatic heterocycles. The number of alkyl halides is 1. The van der Waals surface area contributed by atoms with Crippen LogP contribution < -0.4 is 0 Å². The van der Waals surface area contributed by atoms with Gasteiger partial charge in [-0.1, -0.05) is 41.9 Å². The second kappa shape index (κ2) is 4.92. The molecule has 1 aromatic carbocycles. The first-order valence-corrected chi connectivity index (χ1v) is 6.00. The molecule has 0 saturated heterocycles. The van der Waals surface area contributed by atoms with Gasteiger partial charge in [-0.05, 0) is 36.0 Å². The molecule has 14 heavy (non-hydrogen) atoms. The smallest absolute Gasteiger partial charge is 0.126 e. The van der Waals surface area contributed by atoms with Crippen LogP contribution in [0, 0.1) is 18.7 Å². The Bertz CT molecular complexity index is 307. The Kier molecular flexibility index (Phi) is 4.11. The summed E-state index contributed by atoms with van der Waals surface area (Å²) in [6.07, 6.45) is 0. The highest BCUT2D eigenvalue weighted by atomic mass is 79.9. The largest absolute Gasteiger partial charge is 0.207 e. The van der Waals surface area contributed by atoms with E-state index in [1.807, 2.05) is 19.1 Å². The van der Waals surface area contributed by atoms with Crippen molar-refractivity contribution in [1.82, 2.24) is 0 Å². The average Bonchev–Trinajstić information content (AvgIpc) is 2.11. The van der Waals surface area contributed by atoms with E-state index < -0.39 is 0 Å². The summed E-state index contributed by atoms with van der Waals surface area (Å²) in [7, 11) is 0. The van der Waals surface area contributed by atoms with Crippen molar-refractivity contribution in [2.75, 3.05) is 5.33 Å². The van der Waals surface area contributed by atoms with Crippen LogP contribution in [-0.2, 0) is 0 Å². The number of hydrogen-bond acceptors (Lipinski definition) is 0. The molecule has 1 rings (SSSR count). The molecule has 0 saturated carbocycles. The van der Waals surface area contributed by atoms with Gasteiger partial charge in [-0.3, -0.25) is 0 Å². The number of aryl methyl sites for hydroxylation is 1. The zero-order valence-corrected chi connectivity index (χ0v) is 10.4. The summed E-state index contributed by atoms with van der Waals surface area (Å²) in [6, 6.07) is 5.39. The minimum atomic E-state index is -0.120. The van der Waals surface area contributed by atoms with Crippen LogP contribution in [0.3, 0.4) is 0 Å². The van der Waals surface area contributed by atoms with Gasteiger partial charge in [-0.2, -0.15) is 0 Å². The summed E-state index contributed by atoms with van der Waals surface area (Å²) in [6.45, 7) is 6.18. The lowest BCUT2D eigenvalue weighted by atomic mass is 9.89. The van der Waals surface area contributed by atoms with Crippen LogP contribution >= 0.6 is 15.9 Å². The monoisotopic (exact) mass is 258 g/mol. The molecule has 0 radical (unpaired) electrons. The standard InChI is InChI=1S/C12H16BrF/c1-8(2)11(7-13)10-4-5-12(14)9(3)6-10/h4-6,8,11H,7H2,1-3H3. The number of benzene rings is 1. The molecule has 0 aliphatic carbocycles. The summed E-state index contributed by atoms with van der Waals surface area (Å²) < 4.78 is 13.1. The molecule has 0 aliphatic rings. The zero-order valence-electron chi connectivity index (χ0n) is 8.85. The van der Waals surface area contributed by atoms with Gasteiger partial charge in [0.1, 0.15) is 5.82 Å². The Morgan fingerprint density at radius 2 is 2.00 bits per heavy atom. The SMILES string of the molecule is Cc1cc(C(CBr)C(C)C)ccc1F. The van der Waals surface area contributed by atoms with Gasteiger partial charge >= 0.3 is 0 Å². The topological polar surface area (TPSA) is 0 Å². The molecule has 0 heterocycles. The maximum absolute atomic E-state index is 13.1. The van der Waals surface area contributed by atoms with E-state index in [2.05, 4.69) is 29.8 Å². The van der Waals surface area contributed by atoms with Crippen LogP contribution in [0.15, 0.2) is 18.2 Å². The van der Waals surface area contributed by atoms with Crippen molar-refractivity contribution < 1.29 is 4.39 Å². The molecule has 0 fully saturated rings. The molecular formula is C12H16BrF.